The largest absolute Gasteiger partial charge is 0.370 e. The molecule has 2 aromatic rings. The third kappa shape index (κ3) is 6.18. The number of carbonyl (C=O) groups excluding carboxylic acids is 3. The Labute approximate surface area is 209 Å². The molecule has 0 aromatic heterocycles. The number of primary amides is 1. The number of rotatable bonds is 9. The minimum absolute atomic E-state index is 0.0239. The van der Waals surface area contributed by atoms with E-state index in [1.54, 1.807) is 4.90 Å². The number of nitrogens with one attached hydrogen (secondary N) is 1. The fourth-order valence-electron chi connectivity index (χ4n) is 5.12. The van der Waals surface area contributed by atoms with Gasteiger partial charge in [-0.25, -0.2) is 4.39 Å². The first-order valence-corrected chi connectivity index (χ1v) is 12.3. The van der Waals surface area contributed by atoms with E-state index in [1.807, 2.05) is 30.3 Å². The zero-order chi connectivity index (χ0) is 24.9. The highest BCUT2D eigenvalue weighted by Gasteiger charge is 2.42. The lowest BCUT2D eigenvalue weighted by molar-refractivity contribution is -0.125. The van der Waals surface area contributed by atoms with Gasteiger partial charge in [-0.15, -0.1) is 0 Å². The van der Waals surface area contributed by atoms with Gasteiger partial charge >= 0.3 is 0 Å². The summed E-state index contributed by atoms with van der Waals surface area (Å²) in [5, 5.41) is 3.18. The highest BCUT2D eigenvalue weighted by atomic mass is 35.5. The van der Waals surface area contributed by atoms with Crippen molar-refractivity contribution in [1.29, 1.82) is 0 Å². The molecule has 2 fully saturated rings. The van der Waals surface area contributed by atoms with E-state index in [2.05, 4.69) is 10.2 Å². The molecule has 3 amide bonds. The number of likely N-dealkylation sites (tertiary alicyclic amines) is 2. The normalized spacial score (nSPS) is 20.5. The summed E-state index contributed by atoms with van der Waals surface area (Å²) >= 11 is 6.09. The second kappa shape index (κ2) is 11.2. The highest BCUT2D eigenvalue weighted by molar-refractivity contribution is 6.33. The molecule has 0 bridgehead atoms. The van der Waals surface area contributed by atoms with E-state index in [0.29, 0.717) is 24.9 Å². The monoisotopic (exact) mass is 500 g/mol. The number of nitrogens with two attached hydrogens (primary N) is 1. The van der Waals surface area contributed by atoms with E-state index in [1.165, 1.54) is 18.2 Å². The van der Waals surface area contributed by atoms with Gasteiger partial charge in [0.05, 0.1) is 16.6 Å². The summed E-state index contributed by atoms with van der Waals surface area (Å²) in [5.41, 5.74) is 6.13. The SMILES string of the molecule is NC(=O)CCC(=O)N[C@@H](CCN1CC2CN(C(=O)c3c(F)cccc3Cl)CC2C1)c1ccccc1. The second-order valence-corrected chi connectivity index (χ2v) is 9.78. The van der Waals surface area contributed by atoms with Gasteiger partial charge in [0.25, 0.3) is 5.91 Å². The van der Waals surface area contributed by atoms with Crippen molar-refractivity contribution in [2.75, 3.05) is 32.7 Å². The lowest BCUT2D eigenvalue weighted by Gasteiger charge is -2.25. The molecule has 0 aliphatic carbocycles. The smallest absolute Gasteiger partial charge is 0.258 e. The Kier molecular flexibility index (Phi) is 8.03. The van der Waals surface area contributed by atoms with Crippen LogP contribution in [0.15, 0.2) is 48.5 Å². The molecule has 35 heavy (non-hydrogen) atoms. The van der Waals surface area contributed by atoms with E-state index < -0.39 is 11.7 Å². The van der Waals surface area contributed by atoms with Crippen LogP contribution in [0.25, 0.3) is 0 Å². The standard InChI is InChI=1S/C26H30ClFN4O3/c27-20-7-4-8-21(28)25(20)26(35)32-15-18-13-31(14-19(18)16-32)12-11-22(17-5-2-1-3-6-17)30-24(34)10-9-23(29)33/h1-8,18-19,22H,9-16H2,(H2,29,33)(H,30,34)/t18?,19?,22-/m0/s1. The van der Waals surface area contributed by atoms with Gasteiger partial charge in [-0.2, -0.15) is 0 Å². The van der Waals surface area contributed by atoms with Gasteiger partial charge in [0, 0.05) is 45.6 Å². The Hall–Kier alpha value is -2.97. The first-order chi connectivity index (χ1) is 16.8. The lowest BCUT2D eigenvalue weighted by Crippen LogP contribution is -2.35. The van der Waals surface area contributed by atoms with Gasteiger partial charge in [0.2, 0.25) is 11.8 Å². The summed E-state index contributed by atoms with van der Waals surface area (Å²) in [6.45, 7) is 3.64. The molecule has 0 spiro atoms. The molecule has 2 unspecified atom stereocenters. The molecule has 7 nitrogen and oxygen atoms in total. The number of fused-ring (bicyclic) bond motifs is 1. The van der Waals surface area contributed by atoms with Crippen LogP contribution in [0.4, 0.5) is 4.39 Å². The van der Waals surface area contributed by atoms with Crippen molar-refractivity contribution < 1.29 is 18.8 Å². The van der Waals surface area contributed by atoms with E-state index in [4.69, 9.17) is 17.3 Å². The molecule has 4 rings (SSSR count). The van der Waals surface area contributed by atoms with Crippen molar-refractivity contribution >= 4 is 29.3 Å². The van der Waals surface area contributed by atoms with E-state index in [9.17, 15) is 18.8 Å². The predicted octanol–water partition coefficient (Wildman–Crippen LogP) is 3.00. The summed E-state index contributed by atoms with van der Waals surface area (Å²) in [7, 11) is 0. The van der Waals surface area contributed by atoms with Crippen LogP contribution >= 0.6 is 11.6 Å². The molecule has 2 saturated heterocycles. The number of nitrogens with zero attached hydrogens (tertiary/aromatic N) is 2. The maximum absolute atomic E-state index is 14.2. The quantitative estimate of drug-likeness (QED) is 0.553. The zero-order valence-corrected chi connectivity index (χ0v) is 20.2. The van der Waals surface area contributed by atoms with Crippen LogP contribution in [0.2, 0.25) is 5.02 Å². The molecule has 0 saturated carbocycles. The number of hydrogen-bond acceptors (Lipinski definition) is 4. The lowest BCUT2D eigenvalue weighted by atomic mass is 10.0. The molecule has 2 aromatic carbocycles. The van der Waals surface area contributed by atoms with Gasteiger partial charge in [0.15, 0.2) is 0 Å². The molecule has 3 atom stereocenters. The Morgan fingerprint density at radius 1 is 1.00 bits per heavy atom. The average Bonchev–Trinajstić information content (AvgIpc) is 3.40. The predicted molar refractivity (Wildman–Crippen MR) is 131 cm³/mol. The Balaban J connectivity index is 1.32. The molecular formula is C26H30ClFN4O3. The summed E-state index contributed by atoms with van der Waals surface area (Å²) in [6, 6.07) is 13.9. The molecule has 2 heterocycles. The maximum Gasteiger partial charge on any atom is 0.258 e. The summed E-state index contributed by atoms with van der Waals surface area (Å²) < 4.78 is 14.2. The highest BCUT2D eigenvalue weighted by Crippen LogP contribution is 2.33. The number of hydrogen-bond donors (Lipinski definition) is 2. The number of amides is 3. The van der Waals surface area contributed by atoms with Crippen LogP contribution in [0.5, 0.6) is 0 Å². The van der Waals surface area contributed by atoms with Crippen LogP contribution in [-0.2, 0) is 9.59 Å². The number of carbonyl (C=O) groups is 3. The van der Waals surface area contributed by atoms with Crippen LogP contribution in [0, 0.1) is 17.7 Å². The average molecular weight is 501 g/mol. The van der Waals surface area contributed by atoms with Crippen molar-refractivity contribution in [3.8, 4) is 0 Å². The van der Waals surface area contributed by atoms with Crippen LogP contribution in [0.3, 0.4) is 0 Å². The van der Waals surface area contributed by atoms with Gasteiger partial charge in [-0.1, -0.05) is 48.0 Å². The molecule has 0 radical (unpaired) electrons. The molecule has 2 aliphatic rings. The van der Waals surface area contributed by atoms with Crippen molar-refractivity contribution in [2.24, 2.45) is 17.6 Å². The van der Waals surface area contributed by atoms with E-state index in [-0.39, 0.29) is 41.3 Å². The number of halogens is 2. The second-order valence-electron chi connectivity index (χ2n) is 9.37. The van der Waals surface area contributed by atoms with Crippen molar-refractivity contribution in [3.05, 3.63) is 70.5 Å². The van der Waals surface area contributed by atoms with Gasteiger partial charge in [-0.05, 0) is 36.0 Å². The van der Waals surface area contributed by atoms with Crippen molar-refractivity contribution in [1.82, 2.24) is 15.1 Å². The fourth-order valence-corrected chi connectivity index (χ4v) is 5.37. The number of benzene rings is 2. The minimum atomic E-state index is -0.592. The topological polar surface area (TPSA) is 95.7 Å². The van der Waals surface area contributed by atoms with Crippen molar-refractivity contribution in [3.63, 3.8) is 0 Å². The van der Waals surface area contributed by atoms with E-state index in [0.717, 1.165) is 31.6 Å². The maximum atomic E-state index is 14.2. The van der Waals surface area contributed by atoms with Gasteiger partial charge < -0.3 is 20.9 Å². The van der Waals surface area contributed by atoms with Crippen LogP contribution in [0.1, 0.15) is 41.2 Å². The zero-order valence-electron chi connectivity index (χ0n) is 19.5. The Morgan fingerprint density at radius 2 is 1.69 bits per heavy atom. The summed E-state index contributed by atoms with van der Waals surface area (Å²) in [5.74, 6) is -0.987. The van der Waals surface area contributed by atoms with Crippen LogP contribution < -0.4 is 11.1 Å². The third-order valence-corrected chi connectivity index (χ3v) is 7.21. The third-order valence-electron chi connectivity index (χ3n) is 6.90. The molecule has 9 heteroatoms. The molecule has 186 valence electrons. The van der Waals surface area contributed by atoms with Gasteiger partial charge in [-0.3, -0.25) is 14.4 Å². The minimum Gasteiger partial charge on any atom is -0.370 e. The fraction of sp³-hybridized carbons (Fsp3) is 0.423. The Morgan fingerprint density at radius 3 is 2.31 bits per heavy atom. The van der Waals surface area contributed by atoms with E-state index >= 15 is 0 Å². The first-order valence-electron chi connectivity index (χ1n) is 11.9. The molecular weight excluding hydrogens is 471 g/mol. The first kappa shape index (κ1) is 25.1. The van der Waals surface area contributed by atoms with Crippen molar-refractivity contribution in [2.45, 2.75) is 25.3 Å². The Bertz CT molecular complexity index is 1050. The van der Waals surface area contributed by atoms with Gasteiger partial charge in [0.1, 0.15) is 5.82 Å². The van der Waals surface area contributed by atoms with Crippen LogP contribution in [-0.4, -0.2) is 60.2 Å². The summed E-state index contributed by atoms with van der Waals surface area (Å²) in [4.78, 5) is 40.3. The summed E-state index contributed by atoms with van der Waals surface area (Å²) in [6.07, 6.45) is 0.817. The molecule has 3 N–H and O–H groups in total. The molecule has 2 aliphatic heterocycles.